The number of nitrogens with one attached hydrogen (secondary N) is 2. The number of benzene rings is 2. The van der Waals surface area contributed by atoms with Crippen molar-refractivity contribution >= 4 is 16.9 Å². The van der Waals surface area contributed by atoms with Crippen LogP contribution in [0.3, 0.4) is 0 Å². The standard InChI is InChI=1S/C20H17N5O/c1-13(19-24-17-4-2-3-5-18(17)25-19)23-20(26)16(12-22)10-14-6-8-15(11-21)9-7-14/h2-9,13,16H,10H2,1H3,(H,23,26)(H,24,25). The van der Waals surface area contributed by atoms with Crippen LogP contribution < -0.4 is 5.32 Å². The van der Waals surface area contributed by atoms with Crippen LogP contribution in [0.5, 0.6) is 0 Å². The molecule has 0 aliphatic carbocycles. The summed E-state index contributed by atoms with van der Waals surface area (Å²) in [5.74, 6) is -0.505. The number of carbonyl (C=O) groups excluding carboxylic acids is 1. The number of nitriles is 2. The molecule has 0 radical (unpaired) electrons. The lowest BCUT2D eigenvalue weighted by Crippen LogP contribution is -2.33. The number of hydrogen-bond donors (Lipinski definition) is 2. The number of hydrogen-bond acceptors (Lipinski definition) is 4. The summed E-state index contributed by atoms with van der Waals surface area (Å²) >= 11 is 0. The van der Waals surface area contributed by atoms with Gasteiger partial charge < -0.3 is 10.3 Å². The second-order valence-corrected chi connectivity index (χ2v) is 6.06. The minimum Gasteiger partial charge on any atom is -0.345 e. The number of nitrogens with zero attached hydrogens (tertiary/aromatic N) is 3. The van der Waals surface area contributed by atoms with E-state index in [9.17, 15) is 10.1 Å². The quantitative estimate of drug-likeness (QED) is 0.743. The fraction of sp³-hybridized carbons (Fsp3) is 0.200. The molecule has 0 aliphatic rings. The van der Waals surface area contributed by atoms with Crippen molar-refractivity contribution in [2.24, 2.45) is 5.92 Å². The van der Waals surface area contributed by atoms with Crippen LogP contribution in [0, 0.1) is 28.6 Å². The molecule has 0 bridgehead atoms. The van der Waals surface area contributed by atoms with Gasteiger partial charge in [-0.25, -0.2) is 4.98 Å². The van der Waals surface area contributed by atoms with Crippen LogP contribution in [-0.4, -0.2) is 15.9 Å². The van der Waals surface area contributed by atoms with Crippen LogP contribution in [0.2, 0.25) is 0 Å². The van der Waals surface area contributed by atoms with E-state index in [0.29, 0.717) is 17.8 Å². The van der Waals surface area contributed by atoms with E-state index in [2.05, 4.69) is 21.4 Å². The minimum absolute atomic E-state index is 0.293. The molecule has 2 unspecified atom stereocenters. The Morgan fingerprint density at radius 2 is 1.92 bits per heavy atom. The van der Waals surface area contributed by atoms with E-state index in [1.54, 1.807) is 24.3 Å². The van der Waals surface area contributed by atoms with Crippen LogP contribution in [0.15, 0.2) is 48.5 Å². The van der Waals surface area contributed by atoms with Gasteiger partial charge in [0.25, 0.3) is 0 Å². The van der Waals surface area contributed by atoms with E-state index in [-0.39, 0.29) is 11.9 Å². The fourth-order valence-corrected chi connectivity index (χ4v) is 2.71. The first kappa shape index (κ1) is 17.2. The fourth-order valence-electron chi connectivity index (χ4n) is 2.71. The topological polar surface area (TPSA) is 105 Å². The average molecular weight is 343 g/mol. The predicted octanol–water partition coefficient (Wildman–Crippen LogP) is 2.99. The summed E-state index contributed by atoms with van der Waals surface area (Å²) in [5.41, 5.74) is 3.11. The van der Waals surface area contributed by atoms with E-state index in [1.807, 2.05) is 37.3 Å². The Morgan fingerprint density at radius 1 is 1.19 bits per heavy atom. The first-order valence-corrected chi connectivity index (χ1v) is 8.24. The Morgan fingerprint density at radius 3 is 2.58 bits per heavy atom. The Balaban J connectivity index is 1.68. The highest BCUT2D eigenvalue weighted by molar-refractivity contribution is 5.82. The number of imidazole rings is 1. The summed E-state index contributed by atoms with van der Waals surface area (Å²) in [5, 5.41) is 21.0. The van der Waals surface area contributed by atoms with Crippen LogP contribution in [0.4, 0.5) is 0 Å². The zero-order chi connectivity index (χ0) is 18.5. The summed E-state index contributed by atoms with van der Waals surface area (Å²) in [6.45, 7) is 1.83. The highest BCUT2D eigenvalue weighted by Crippen LogP contribution is 2.17. The maximum absolute atomic E-state index is 12.5. The summed E-state index contributed by atoms with van der Waals surface area (Å²) in [6.07, 6.45) is 0.293. The monoisotopic (exact) mass is 343 g/mol. The molecule has 1 aromatic heterocycles. The number of fused-ring (bicyclic) bond motifs is 1. The number of aromatic nitrogens is 2. The molecule has 3 rings (SSSR count). The molecule has 0 aliphatic heterocycles. The number of rotatable bonds is 5. The van der Waals surface area contributed by atoms with E-state index in [4.69, 9.17) is 5.26 Å². The van der Waals surface area contributed by atoms with Gasteiger partial charge in [-0.1, -0.05) is 24.3 Å². The van der Waals surface area contributed by atoms with Crippen molar-refractivity contribution in [3.8, 4) is 12.1 Å². The molecular formula is C20H17N5O. The molecule has 2 aromatic carbocycles. The van der Waals surface area contributed by atoms with Gasteiger partial charge in [0.05, 0.1) is 34.8 Å². The van der Waals surface area contributed by atoms with E-state index < -0.39 is 5.92 Å². The molecule has 128 valence electrons. The van der Waals surface area contributed by atoms with E-state index >= 15 is 0 Å². The zero-order valence-electron chi connectivity index (χ0n) is 14.2. The molecule has 0 fully saturated rings. The number of carbonyl (C=O) groups is 1. The molecule has 26 heavy (non-hydrogen) atoms. The van der Waals surface area contributed by atoms with Crippen molar-refractivity contribution in [3.63, 3.8) is 0 Å². The Bertz CT molecular complexity index is 974. The molecule has 1 amide bonds. The smallest absolute Gasteiger partial charge is 0.238 e. The van der Waals surface area contributed by atoms with Crippen LogP contribution in [0.1, 0.15) is 29.9 Å². The molecule has 2 N–H and O–H groups in total. The molecule has 6 nitrogen and oxygen atoms in total. The van der Waals surface area contributed by atoms with Gasteiger partial charge in [0, 0.05) is 0 Å². The van der Waals surface area contributed by atoms with Gasteiger partial charge in [-0.2, -0.15) is 10.5 Å². The molecule has 6 heteroatoms. The van der Waals surface area contributed by atoms with E-state index in [1.165, 1.54) is 0 Å². The van der Waals surface area contributed by atoms with Crippen molar-refractivity contribution < 1.29 is 4.79 Å². The molecule has 0 saturated heterocycles. The van der Waals surface area contributed by atoms with Crippen LogP contribution in [-0.2, 0) is 11.2 Å². The summed E-state index contributed by atoms with van der Waals surface area (Å²) in [7, 11) is 0. The SMILES string of the molecule is CC(NC(=O)C(C#N)Cc1ccc(C#N)cc1)c1nc2ccccc2[nH]1. The Kier molecular flexibility index (Phi) is 4.96. The van der Waals surface area contributed by atoms with Crippen LogP contribution >= 0.6 is 0 Å². The highest BCUT2D eigenvalue weighted by atomic mass is 16.1. The maximum atomic E-state index is 12.5. The van der Waals surface area contributed by atoms with Gasteiger partial charge in [0.15, 0.2) is 0 Å². The zero-order valence-corrected chi connectivity index (χ0v) is 14.2. The van der Waals surface area contributed by atoms with Crippen LogP contribution in [0.25, 0.3) is 11.0 Å². The number of H-pyrrole nitrogens is 1. The molecular weight excluding hydrogens is 326 g/mol. The van der Waals surface area contributed by atoms with Crippen molar-refractivity contribution in [3.05, 3.63) is 65.5 Å². The molecule has 3 aromatic rings. The first-order chi connectivity index (χ1) is 12.6. The summed E-state index contributed by atoms with van der Waals surface area (Å²) < 4.78 is 0. The highest BCUT2D eigenvalue weighted by Gasteiger charge is 2.22. The second-order valence-electron chi connectivity index (χ2n) is 6.06. The molecule has 1 heterocycles. The third-order valence-corrected chi connectivity index (χ3v) is 4.17. The largest absolute Gasteiger partial charge is 0.345 e. The van der Waals surface area contributed by atoms with Crippen molar-refractivity contribution in [2.45, 2.75) is 19.4 Å². The lowest BCUT2D eigenvalue weighted by atomic mass is 9.98. The summed E-state index contributed by atoms with van der Waals surface area (Å²) in [6, 6.07) is 18.3. The van der Waals surface area contributed by atoms with Crippen molar-refractivity contribution in [1.29, 1.82) is 10.5 Å². The molecule has 0 saturated carbocycles. The minimum atomic E-state index is -0.810. The summed E-state index contributed by atoms with van der Waals surface area (Å²) in [4.78, 5) is 20.1. The van der Waals surface area contributed by atoms with Gasteiger partial charge in [0.1, 0.15) is 11.7 Å². The maximum Gasteiger partial charge on any atom is 0.238 e. The number of aromatic amines is 1. The lowest BCUT2D eigenvalue weighted by Gasteiger charge is -2.14. The van der Waals surface area contributed by atoms with Gasteiger partial charge >= 0.3 is 0 Å². The predicted molar refractivity (Wildman–Crippen MR) is 96.6 cm³/mol. The lowest BCUT2D eigenvalue weighted by molar-refractivity contribution is -0.124. The number of amides is 1. The number of para-hydroxylation sites is 2. The van der Waals surface area contributed by atoms with Gasteiger partial charge in [-0.05, 0) is 43.2 Å². The van der Waals surface area contributed by atoms with Gasteiger partial charge in [0.2, 0.25) is 5.91 Å². The Hall–Kier alpha value is -3.64. The van der Waals surface area contributed by atoms with Crippen molar-refractivity contribution in [1.82, 2.24) is 15.3 Å². The second kappa shape index (κ2) is 7.50. The van der Waals surface area contributed by atoms with Crippen molar-refractivity contribution in [2.75, 3.05) is 0 Å². The first-order valence-electron chi connectivity index (χ1n) is 8.24. The third-order valence-electron chi connectivity index (χ3n) is 4.17. The van der Waals surface area contributed by atoms with Gasteiger partial charge in [-0.15, -0.1) is 0 Å². The van der Waals surface area contributed by atoms with Gasteiger partial charge in [-0.3, -0.25) is 4.79 Å². The normalized spacial score (nSPS) is 12.7. The average Bonchev–Trinajstić information content (AvgIpc) is 3.11. The molecule has 0 spiro atoms. The Labute approximate surface area is 151 Å². The third kappa shape index (κ3) is 3.71. The molecule has 2 atom stereocenters. The van der Waals surface area contributed by atoms with E-state index in [0.717, 1.165) is 16.6 Å².